The van der Waals surface area contributed by atoms with Crippen LogP contribution in [0.2, 0.25) is 5.02 Å². The van der Waals surface area contributed by atoms with Gasteiger partial charge in [-0.3, -0.25) is 13.9 Å². The normalized spacial score (nSPS) is 20.8. The molecule has 1 aliphatic heterocycles. The molecule has 0 N–H and O–H groups in total. The topological polar surface area (TPSA) is 68.7 Å². The second kappa shape index (κ2) is 10.3. The second-order valence-electron chi connectivity index (χ2n) is 9.04. The maximum Gasteiger partial charge on any atom is 0.248 e. The van der Waals surface area contributed by atoms with Gasteiger partial charge in [0.25, 0.3) is 0 Å². The number of amides is 1. The lowest BCUT2D eigenvalue weighted by atomic mass is 9.75. The lowest BCUT2D eigenvalue weighted by Crippen LogP contribution is -2.54. The summed E-state index contributed by atoms with van der Waals surface area (Å²) in [5.41, 5.74) is 0.247. The number of benzene rings is 1. The van der Waals surface area contributed by atoms with Gasteiger partial charge in [-0.25, -0.2) is 4.98 Å². The smallest absolute Gasteiger partial charge is 0.248 e. The van der Waals surface area contributed by atoms with Gasteiger partial charge in [-0.2, -0.15) is 11.3 Å². The molecule has 3 aromatic rings. The monoisotopic (exact) mass is 530 g/mol. The fourth-order valence-electron chi connectivity index (χ4n) is 4.19. The number of rotatable bonds is 8. The summed E-state index contributed by atoms with van der Waals surface area (Å²) in [6, 6.07) is 14.2. The van der Waals surface area contributed by atoms with E-state index < -0.39 is 17.4 Å². The zero-order valence-corrected chi connectivity index (χ0v) is 22.2. The summed E-state index contributed by atoms with van der Waals surface area (Å²) in [6.07, 6.45) is 0.669. The van der Waals surface area contributed by atoms with Gasteiger partial charge in [0.1, 0.15) is 11.5 Å². The van der Waals surface area contributed by atoms with Gasteiger partial charge in [-0.15, -0.1) is 0 Å². The predicted molar refractivity (Wildman–Crippen MR) is 140 cm³/mol. The van der Waals surface area contributed by atoms with Crippen LogP contribution >= 0.6 is 35.8 Å². The SMILES string of the molecule is COC(C)(C)CCOc1cccc(C2(c3ccsc3)CC(=O)C(c3ccccc3Cl)C(=O)N2S)n1. The Kier molecular flexibility index (Phi) is 7.57. The van der Waals surface area contributed by atoms with Crippen molar-refractivity contribution in [2.75, 3.05) is 13.7 Å². The zero-order valence-electron chi connectivity index (χ0n) is 19.7. The molecule has 2 atom stereocenters. The first-order chi connectivity index (χ1) is 16.7. The number of thiol groups is 1. The highest BCUT2D eigenvalue weighted by atomic mass is 35.5. The van der Waals surface area contributed by atoms with E-state index in [0.717, 1.165) is 5.56 Å². The van der Waals surface area contributed by atoms with E-state index in [2.05, 4.69) is 12.8 Å². The summed E-state index contributed by atoms with van der Waals surface area (Å²) in [5.74, 6) is -1.31. The van der Waals surface area contributed by atoms with Gasteiger partial charge < -0.3 is 9.47 Å². The lowest BCUT2D eigenvalue weighted by Gasteiger charge is -2.45. The van der Waals surface area contributed by atoms with Crippen LogP contribution in [-0.4, -0.2) is 40.3 Å². The fourth-order valence-corrected chi connectivity index (χ4v) is 5.57. The summed E-state index contributed by atoms with van der Waals surface area (Å²) in [4.78, 5) is 32.0. The number of hydrogen-bond acceptors (Lipinski definition) is 7. The summed E-state index contributed by atoms with van der Waals surface area (Å²) in [7, 11) is 1.66. The molecular formula is C26H27ClN2O4S2. The highest BCUT2D eigenvalue weighted by molar-refractivity contribution is 7.78. The predicted octanol–water partition coefficient (Wildman–Crippen LogP) is 5.66. The molecule has 0 saturated carbocycles. The van der Waals surface area contributed by atoms with Gasteiger partial charge in [0, 0.05) is 31.0 Å². The van der Waals surface area contributed by atoms with Crippen molar-refractivity contribution in [3.8, 4) is 5.88 Å². The number of aromatic nitrogens is 1. The Morgan fingerprint density at radius 2 is 1.97 bits per heavy atom. The summed E-state index contributed by atoms with van der Waals surface area (Å²) >= 11 is 12.5. The summed E-state index contributed by atoms with van der Waals surface area (Å²) in [5, 5.41) is 4.19. The molecule has 1 aromatic carbocycles. The van der Waals surface area contributed by atoms with Crippen molar-refractivity contribution >= 4 is 47.4 Å². The Labute approximate surface area is 219 Å². The maximum absolute atomic E-state index is 13.7. The molecule has 1 aliphatic rings. The number of methoxy groups -OCH3 is 1. The third-order valence-electron chi connectivity index (χ3n) is 6.44. The molecule has 1 amide bonds. The van der Waals surface area contributed by atoms with Crippen LogP contribution in [0.3, 0.4) is 0 Å². The molecule has 2 aromatic heterocycles. The Balaban J connectivity index is 1.71. The molecule has 0 aliphatic carbocycles. The number of carbonyl (C=O) groups is 2. The van der Waals surface area contributed by atoms with Crippen molar-refractivity contribution in [1.29, 1.82) is 0 Å². The van der Waals surface area contributed by atoms with Gasteiger partial charge in [-0.05, 0) is 53.9 Å². The number of halogens is 1. The molecule has 0 radical (unpaired) electrons. The van der Waals surface area contributed by atoms with Crippen LogP contribution in [0.4, 0.5) is 0 Å². The summed E-state index contributed by atoms with van der Waals surface area (Å²) in [6.45, 7) is 4.37. The van der Waals surface area contributed by atoms with E-state index in [1.165, 1.54) is 15.6 Å². The van der Waals surface area contributed by atoms with Crippen LogP contribution < -0.4 is 4.74 Å². The molecule has 1 saturated heterocycles. The van der Waals surface area contributed by atoms with Crippen LogP contribution in [0.5, 0.6) is 5.88 Å². The first kappa shape index (κ1) is 25.7. The molecule has 2 unspecified atom stereocenters. The first-order valence-electron chi connectivity index (χ1n) is 11.2. The van der Waals surface area contributed by atoms with Gasteiger partial charge >= 0.3 is 0 Å². The van der Waals surface area contributed by atoms with Crippen molar-refractivity contribution < 1.29 is 19.1 Å². The third kappa shape index (κ3) is 4.98. The van der Waals surface area contributed by atoms with Crippen molar-refractivity contribution in [2.24, 2.45) is 0 Å². The molecule has 3 heterocycles. The molecule has 1 fully saturated rings. The molecule has 35 heavy (non-hydrogen) atoms. The Hall–Kier alpha value is -2.39. The van der Waals surface area contributed by atoms with Crippen LogP contribution in [0.25, 0.3) is 0 Å². The average Bonchev–Trinajstić information content (AvgIpc) is 3.38. The highest BCUT2D eigenvalue weighted by Gasteiger charge is 2.53. The quantitative estimate of drug-likeness (QED) is 0.300. The van der Waals surface area contributed by atoms with Crippen LogP contribution in [0.15, 0.2) is 59.3 Å². The van der Waals surface area contributed by atoms with Gasteiger partial charge in [0.2, 0.25) is 11.8 Å². The molecule has 6 nitrogen and oxygen atoms in total. The van der Waals surface area contributed by atoms with E-state index in [4.69, 9.17) is 26.1 Å². The number of pyridine rings is 1. The van der Waals surface area contributed by atoms with E-state index in [9.17, 15) is 9.59 Å². The minimum absolute atomic E-state index is 0.00201. The number of Topliss-reactive ketones (excluding diaryl/α,β-unsaturated/α-hetero) is 1. The van der Waals surface area contributed by atoms with Crippen molar-refractivity contribution in [3.63, 3.8) is 0 Å². The average molecular weight is 531 g/mol. The molecule has 184 valence electrons. The number of ether oxygens (including phenoxy) is 2. The van der Waals surface area contributed by atoms with Crippen LogP contribution in [0.1, 0.15) is 49.4 Å². The number of piperidine rings is 1. The molecule has 0 bridgehead atoms. The minimum atomic E-state index is -1.18. The largest absolute Gasteiger partial charge is 0.478 e. The Morgan fingerprint density at radius 1 is 1.20 bits per heavy atom. The molecular weight excluding hydrogens is 504 g/mol. The van der Waals surface area contributed by atoms with Crippen LogP contribution in [0, 0.1) is 0 Å². The Morgan fingerprint density at radius 3 is 2.66 bits per heavy atom. The minimum Gasteiger partial charge on any atom is -0.478 e. The van der Waals surface area contributed by atoms with E-state index in [1.54, 1.807) is 43.5 Å². The third-order valence-corrected chi connectivity index (χ3v) is 8.00. The van der Waals surface area contributed by atoms with Crippen molar-refractivity contribution in [2.45, 2.75) is 43.7 Å². The number of ketones is 1. The van der Waals surface area contributed by atoms with E-state index in [0.29, 0.717) is 35.2 Å². The lowest BCUT2D eigenvalue weighted by molar-refractivity contribution is -0.142. The van der Waals surface area contributed by atoms with E-state index in [-0.39, 0.29) is 17.8 Å². The van der Waals surface area contributed by atoms with Crippen molar-refractivity contribution in [3.05, 3.63) is 81.1 Å². The van der Waals surface area contributed by atoms with Gasteiger partial charge in [0.05, 0.1) is 17.9 Å². The molecule has 4 rings (SSSR count). The fraction of sp³-hybridized carbons (Fsp3) is 0.346. The molecule has 0 spiro atoms. The second-order valence-corrected chi connectivity index (χ2v) is 10.6. The number of thiophene rings is 1. The molecule has 9 heteroatoms. The number of nitrogens with zero attached hydrogens (tertiary/aromatic N) is 2. The maximum atomic E-state index is 13.7. The van der Waals surface area contributed by atoms with Crippen LogP contribution in [-0.2, 0) is 19.9 Å². The van der Waals surface area contributed by atoms with Crippen molar-refractivity contribution in [1.82, 2.24) is 9.29 Å². The Bertz CT molecular complexity index is 1220. The number of hydrogen-bond donors (Lipinski definition) is 1. The summed E-state index contributed by atoms with van der Waals surface area (Å²) < 4.78 is 12.7. The zero-order chi connectivity index (χ0) is 25.2. The first-order valence-corrected chi connectivity index (χ1v) is 12.9. The number of carbonyl (C=O) groups excluding carboxylic acids is 2. The van der Waals surface area contributed by atoms with Gasteiger partial charge in [-0.1, -0.05) is 48.7 Å². The highest BCUT2D eigenvalue weighted by Crippen LogP contribution is 2.48. The standard InChI is InChI=1S/C26H27ClN2O4S2/c1-25(2,32-3)12-13-33-22-10-6-9-21(28-22)26(17-11-14-35-16-17)15-20(30)23(24(31)29(26)34)18-7-4-5-8-19(18)27/h4-11,14,16,23,34H,12-13,15H2,1-3H3. The van der Waals surface area contributed by atoms with E-state index in [1.807, 2.05) is 36.7 Å². The van der Waals surface area contributed by atoms with E-state index >= 15 is 0 Å². The van der Waals surface area contributed by atoms with Gasteiger partial charge in [0.15, 0.2) is 5.78 Å².